The SMILES string of the molecule is CCOc1cc(C=Nc2ccc(-c3ccc(N=Cc4ccc(O)c(OCC)c4)c(OC)c3)cc2OC)ccc1O. The number of rotatable bonds is 11. The minimum absolute atomic E-state index is 0.0872. The first kappa shape index (κ1) is 28.0. The van der Waals surface area contributed by atoms with E-state index in [-0.39, 0.29) is 11.5 Å². The molecule has 4 rings (SSSR count). The summed E-state index contributed by atoms with van der Waals surface area (Å²) in [6.07, 6.45) is 3.39. The number of aliphatic imine (C=N–C) groups is 2. The number of phenols is 2. The Morgan fingerprint density at radius 1 is 0.575 bits per heavy atom. The van der Waals surface area contributed by atoms with E-state index >= 15 is 0 Å². The van der Waals surface area contributed by atoms with Crippen LogP contribution in [0.3, 0.4) is 0 Å². The van der Waals surface area contributed by atoms with Gasteiger partial charge in [-0.2, -0.15) is 0 Å². The Bertz CT molecular complexity index is 1420. The van der Waals surface area contributed by atoms with E-state index < -0.39 is 0 Å². The van der Waals surface area contributed by atoms with Crippen LogP contribution in [0.4, 0.5) is 11.4 Å². The van der Waals surface area contributed by atoms with Crippen LogP contribution in [0.5, 0.6) is 34.5 Å². The van der Waals surface area contributed by atoms with Crippen LogP contribution in [0.25, 0.3) is 11.1 Å². The Kier molecular flexibility index (Phi) is 9.25. The lowest BCUT2D eigenvalue weighted by Crippen LogP contribution is -1.93. The number of phenolic OH excluding ortho intramolecular Hbond substituents is 2. The largest absolute Gasteiger partial charge is 0.504 e. The maximum absolute atomic E-state index is 9.93. The fraction of sp³-hybridized carbons (Fsp3) is 0.188. The van der Waals surface area contributed by atoms with Gasteiger partial charge in [-0.15, -0.1) is 0 Å². The van der Waals surface area contributed by atoms with E-state index in [4.69, 9.17) is 18.9 Å². The highest BCUT2D eigenvalue weighted by molar-refractivity contribution is 5.86. The molecule has 0 atom stereocenters. The summed E-state index contributed by atoms with van der Waals surface area (Å²) in [6.45, 7) is 4.63. The summed E-state index contributed by atoms with van der Waals surface area (Å²) in [6, 6.07) is 21.7. The predicted molar refractivity (Wildman–Crippen MR) is 158 cm³/mol. The molecule has 0 saturated carbocycles. The summed E-state index contributed by atoms with van der Waals surface area (Å²) in [7, 11) is 3.20. The average molecular weight is 541 g/mol. The van der Waals surface area contributed by atoms with Gasteiger partial charge in [-0.1, -0.05) is 12.1 Å². The summed E-state index contributed by atoms with van der Waals surface area (Å²) in [4.78, 5) is 9.16. The number of aromatic hydroxyl groups is 2. The lowest BCUT2D eigenvalue weighted by Gasteiger charge is -2.11. The molecule has 4 aromatic carbocycles. The Labute approximate surface area is 233 Å². The van der Waals surface area contributed by atoms with Gasteiger partial charge in [0.15, 0.2) is 23.0 Å². The Balaban J connectivity index is 1.56. The van der Waals surface area contributed by atoms with Crippen LogP contribution in [0.1, 0.15) is 25.0 Å². The van der Waals surface area contributed by atoms with Crippen LogP contribution in [-0.2, 0) is 0 Å². The van der Waals surface area contributed by atoms with Crippen LogP contribution in [0, 0.1) is 0 Å². The molecule has 0 aliphatic heterocycles. The number of benzene rings is 4. The van der Waals surface area contributed by atoms with Crippen LogP contribution < -0.4 is 18.9 Å². The topological polar surface area (TPSA) is 102 Å². The predicted octanol–water partition coefficient (Wildman–Crippen LogP) is 7.08. The van der Waals surface area contributed by atoms with Gasteiger partial charge in [-0.05, 0) is 96.8 Å². The highest BCUT2D eigenvalue weighted by Crippen LogP contribution is 2.37. The minimum atomic E-state index is 0.0872. The van der Waals surface area contributed by atoms with Gasteiger partial charge < -0.3 is 29.2 Å². The summed E-state index contributed by atoms with van der Waals surface area (Å²) < 4.78 is 22.1. The van der Waals surface area contributed by atoms with Crippen molar-refractivity contribution in [1.82, 2.24) is 0 Å². The number of nitrogens with zero attached hydrogens (tertiary/aromatic N) is 2. The molecule has 8 nitrogen and oxygen atoms in total. The molecule has 0 aromatic heterocycles. The highest BCUT2D eigenvalue weighted by atomic mass is 16.5. The second-order valence-electron chi connectivity index (χ2n) is 8.61. The Hall–Kier alpha value is -4.98. The monoisotopic (exact) mass is 540 g/mol. The van der Waals surface area contributed by atoms with Crippen molar-refractivity contribution in [2.75, 3.05) is 27.4 Å². The van der Waals surface area contributed by atoms with Crippen molar-refractivity contribution in [3.05, 3.63) is 83.9 Å². The van der Waals surface area contributed by atoms with E-state index in [9.17, 15) is 10.2 Å². The van der Waals surface area contributed by atoms with Crippen LogP contribution in [-0.4, -0.2) is 50.1 Å². The summed E-state index contributed by atoms with van der Waals surface area (Å²) in [5.74, 6) is 2.21. The van der Waals surface area contributed by atoms with Crippen LogP contribution >= 0.6 is 0 Å². The molecule has 0 aliphatic rings. The normalized spacial score (nSPS) is 11.2. The van der Waals surface area contributed by atoms with Gasteiger partial charge in [0.1, 0.15) is 22.9 Å². The molecule has 8 heteroatoms. The van der Waals surface area contributed by atoms with E-state index in [2.05, 4.69) is 9.98 Å². The standard InChI is InChI=1S/C32H32N2O6/c1-5-39-31-15-21(7-13-27(31)35)19-33-25-11-9-23(17-29(25)37-3)24-10-12-26(30(18-24)38-4)34-20-22-8-14-28(36)32(16-22)40-6-2/h7-20,35-36H,5-6H2,1-4H3. The minimum Gasteiger partial charge on any atom is -0.504 e. The fourth-order valence-electron chi connectivity index (χ4n) is 3.98. The number of methoxy groups -OCH3 is 2. The third-order valence-electron chi connectivity index (χ3n) is 5.97. The van der Waals surface area contributed by atoms with E-state index in [0.29, 0.717) is 47.6 Å². The molecule has 0 saturated heterocycles. The maximum atomic E-state index is 9.93. The van der Waals surface area contributed by atoms with Gasteiger partial charge in [-0.25, -0.2) is 0 Å². The lowest BCUT2D eigenvalue weighted by atomic mass is 10.0. The zero-order valence-corrected chi connectivity index (χ0v) is 22.9. The molecule has 206 valence electrons. The van der Waals surface area contributed by atoms with Crippen molar-refractivity contribution in [3.63, 3.8) is 0 Å². The molecule has 2 N–H and O–H groups in total. The molecule has 0 bridgehead atoms. The molecular weight excluding hydrogens is 508 g/mol. The van der Waals surface area contributed by atoms with Gasteiger partial charge in [0.2, 0.25) is 0 Å². The van der Waals surface area contributed by atoms with Gasteiger partial charge in [-0.3, -0.25) is 9.98 Å². The number of ether oxygens (including phenoxy) is 4. The second-order valence-corrected chi connectivity index (χ2v) is 8.61. The van der Waals surface area contributed by atoms with E-state index in [1.807, 2.05) is 50.2 Å². The van der Waals surface area contributed by atoms with Crippen molar-refractivity contribution in [3.8, 4) is 45.6 Å². The number of hydrogen-bond acceptors (Lipinski definition) is 8. The van der Waals surface area contributed by atoms with E-state index in [0.717, 1.165) is 22.3 Å². The van der Waals surface area contributed by atoms with E-state index in [1.54, 1.807) is 63.0 Å². The first-order valence-electron chi connectivity index (χ1n) is 12.8. The third kappa shape index (κ3) is 6.71. The molecule has 0 heterocycles. The van der Waals surface area contributed by atoms with Crippen molar-refractivity contribution < 1.29 is 29.2 Å². The lowest BCUT2D eigenvalue weighted by molar-refractivity contribution is 0.318. The van der Waals surface area contributed by atoms with Crippen molar-refractivity contribution >= 4 is 23.8 Å². The Morgan fingerprint density at radius 3 is 1.38 bits per heavy atom. The zero-order valence-electron chi connectivity index (χ0n) is 22.9. The van der Waals surface area contributed by atoms with Crippen molar-refractivity contribution in [1.29, 1.82) is 0 Å². The molecule has 0 spiro atoms. The molecule has 0 aliphatic carbocycles. The summed E-state index contributed by atoms with van der Waals surface area (Å²) in [5, 5.41) is 19.9. The number of hydrogen-bond donors (Lipinski definition) is 2. The van der Waals surface area contributed by atoms with Crippen molar-refractivity contribution in [2.24, 2.45) is 9.98 Å². The van der Waals surface area contributed by atoms with Gasteiger partial charge in [0, 0.05) is 12.4 Å². The summed E-state index contributed by atoms with van der Waals surface area (Å²) in [5.41, 5.74) is 4.74. The summed E-state index contributed by atoms with van der Waals surface area (Å²) >= 11 is 0. The average Bonchev–Trinajstić information content (AvgIpc) is 2.98. The van der Waals surface area contributed by atoms with Gasteiger partial charge >= 0.3 is 0 Å². The first-order chi connectivity index (χ1) is 19.4. The highest BCUT2D eigenvalue weighted by Gasteiger charge is 2.10. The molecule has 4 aromatic rings. The molecule has 0 amide bonds. The molecule has 0 radical (unpaired) electrons. The van der Waals surface area contributed by atoms with Gasteiger partial charge in [0.25, 0.3) is 0 Å². The molecular formula is C32H32N2O6. The smallest absolute Gasteiger partial charge is 0.161 e. The zero-order chi connectivity index (χ0) is 28.5. The first-order valence-corrected chi connectivity index (χ1v) is 12.8. The van der Waals surface area contributed by atoms with Gasteiger partial charge in [0.05, 0.1) is 27.4 Å². The Morgan fingerprint density at radius 2 is 1.00 bits per heavy atom. The maximum Gasteiger partial charge on any atom is 0.161 e. The van der Waals surface area contributed by atoms with Crippen LogP contribution in [0.15, 0.2) is 82.8 Å². The molecule has 0 fully saturated rings. The quantitative estimate of drug-likeness (QED) is 0.197. The second kappa shape index (κ2) is 13.2. The van der Waals surface area contributed by atoms with E-state index in [1.165, 1.54) is 0 Å². The van der Waals surface area contributed by atoms with Crippen molar-refractivity contribution in [2.45, 2.75) is 13.8 Å². The fourth-order valence-corrected chi connectivity index (χ4v) is 3.98. The van der Waals surface area contributed by atoms with Crippen LogP contribution in [0.2, 0.25) is 0 Å². The molecule has 0 unspecified atom stereocenters. The molecule has 40 heavy (non-hydrogen) atoms. The third-order valence-corrected chi connectivity index (χ3v) is 5.97.